The largest absolute Gasteiger partial charge is 0.378 e. The molecule has 0 radical (unpaired) electrons. The second kappa shape index (κ2) is 6.61. The van der Waals surface area contributed by atoms with Gasteiger partial charge in [0.1, 0.15) is 11.1 Å². The number of anilines is 1. The van der Waals surface area contributed by atoms with E-state index in [2.05, 4.69) is 16.4 Å². The Morgan fingerprint density at radius 1 is 1.18 bits per heavy atom. The quantitative estimate of drug-likeness (QED) is 0.738. The van der Waals surface area contributed by atoms with Gasteiger partial charge in [0.05, 0.1) is 23.5 Å². The van der Waals surface area contributed by atoms with Crippen molar-refractivity contribution in [2.45, 2.75) is 6.54 Å². The predicted octanol–water partition coefficient (Wildman–Crippen LogP) is 4.95. The van der Waals surface area contributed by atoms with Crippen molar-refractivity contribution >= 4 is 28.6 Å². The maximum Gasteiger partial charge on any atom is 0.123 e. The van der Waals surface area contributed by atoms with Gasteiger partial charge in [-0.3, -0.25) is 0 Å². The van der Waals surface area contributed by atoms with Gasteiger partial charge in [0.25, 0.3) is 0 Å². The molecule has 0 amide bonds. The molecule has 0 aliphatic rings. The Balaban J connectivity index is 1.74. The summed E-state index contributed by atoms with van der Waals surface area (Å²) in [6.45, 7) is 0.554. The van der Waals surface area contributed by atoms with Crippen LogP contribution in [-0.2, 0) is 6.54 Å². The molecular weight excluding hydrogens is 314 g/mol. The van der Waals surface area contributed by atoms with Crippen LogP contribution in [0.1, 0.15) is 11.3 Å². The average Bonchev–Trinajstić information content (AvgIpc) is 3.03. The summed E-state index contributed by atoms with van der Waals surface area (Å²) in [6, 6.07) is 17.4. The maximum atomic E-state index is 9.11. The summed E-state index contributed by atoms with van der Waals surface area (Å²) >= 11 is 7.59. The molecular formula is C17H12ClN3S. The summed E-state index contributed by atoms with van der Waals surface area (Å²) in [5.74, 6) is 0. The minimum atomic E-state index is 0.554. The molecule has 2 aromatic carbocycles. The van der Waals surface area contributed by atoms with Crippen LogP contribution in [0.3, 0.4) is 0 Å². The predicted molar refractivity (Wildman–Crippen MR) is 91.0 cm³/mol. The van der Waals surface area contributed by atoms with Gasteiger partial charge in [-0.1, -0.05) is 41.9 Å². The molecule has 0 fully saturated rings. The molecule has 1 N–H and O–H groups in total. The molecule has 3 nitrogen and oxygen atoms in total. The van der Waals surface area contributed by atoms with E-state index in [0.717, 1.165) is 22.0 Å². The van der Waals surface area contributed by atoms with Gasteiger partial charge in [-0.15, -0.1) is 11.3 Å². The molecule has 0 saturated heterocycles. The average molecular weight is 326 g/mol. The lowest BCUT2D eigenvalue weighted by Gasteiger charge is -2.07. The maximum absolute atomic E-state index is 9.11. The number of aromatic nitrogens is 1. The Morgan fingerprint density at radius 2 is 2.00 bits per heavy atom. The number of nitrogens with one attached hydrogen (secondary N) is 1. The van der Waals surface area contributed by atoms with E-state index >= 15 is 0 Å². The van der Waals surface area contributed by atoms with Crippen LogP contribution >= 0.6 is 22.9 Å². The van der Waals surface area contributed by atoms with Gasteiger partial charge >= 0.3 is 0 Å². The van der Waals surface area contributed by atoms with Gasteiger partial charge in [-0.05, 0) is 18.2 Å². The van der Waals surface area contributed by atoms with Gasteiger partial charge in [0, 0.05) is 16.0 Å². The molecule has 0 aliphatic heterocycles. The standard InChI is InChI=1S/C17H12ClN3S/c18-14-7-6-13(9-19)16(8-14)20-10-15-11-22-17(21-15)12-4-2-1-3-5-12/h1-8,11,20H,10H2. The van der Waals surface area contributed by atoms with E-state index < -0.39 is 0 Å². The molecule has 3 aromatic rings. The Kier molecular flexibility index (Phi) is 4.38. The number of nitrogens with zero attached hydrogens (tertiary/aromatic N) is 2. The van der Waals surface area contributed by atoms with Crippen LogP contribution in [0.25, 0.3) is 10.6 Å². The molecule has 5 heteroatoms. The van der Waals surface area contributed by atoms with Crippen molar-refractivity contribution in [2.75, 3.05) is 5.32 Å². The van der Waals surface area contributed by atoms with E-state index in [-0.39, 0.29) is 0 Å². The number of hydrogen-bond acceptors (Lipinski definition) is 4. The lowest BCUT2D eigenvalue weighted by Crippen LogP contribution is -2.01. The van der Waals surface area contributed by atoms with Crippen molar-refractivity contribution in [1.29, 1.82) is 5.26 Å². The monoisotopic (exact) mass is 325 g/mol. The lowest BCUT2D eigenvalue weighted by molar-refractivity contribution is 1.07. The first-order chi connectivity index (χ1) is 10.8. The fraction of sp³-hybridized carbons (Fsp3) is 0.0588. The summed E-state index contributed by atoms with van der Waals surface area (Å²) in [6.07, 6.45) is 0. The highest BCUT2D eigenvalue weighted by Gasteiger charge is 2.06. The lowest BCUT2D eigenvalue weighted by atomic mass is 10.2. The summed E-state index contributed by atoms with van der Waals surface area (Å²) in [7, 11) is 0. The Hall–Kier alpha value is -2.35. The van der Waals surface area contributed by atoms with Gasteiger partial charge < -0.3 is 5.32 Å². The van der Waals surface area contributed by atoms with Crippen LogP contribution in [-0.4, -0.2) is 4.98 Å². The zero-order valence-electron chi connectivity index (χ0n) is 11.6. The fourth-order valence-corrected chi connectivity index (χ4v) is 3.05. The van der Waals surface area contributed by atoms with Gasteiger partial charge in [-0.25, -0.2) is 4.98 Å². The van der Waals surface area contributed by atoms with Crippen molar-refractivity contribution in [2.24, 2.45) is 0 Å². The molecule has 0 aliphatic carbocycles. The SMILES string of the molecule is N#Cc1ccc(Cl)cc1NCc1csc(-c2ccccc2)n1. The Bertz CT molecular complexity index is 821. The highest BCUT2D eigenvalue weighted by atomic mass is 35.5. The molecule has 0 saturated carbocycles. The Morgan fingerprint density at radius 3 is 2.77 bits per heavy atom. The van der Waals surface area contributed by atoms with Gasteiger partial charge in [0.2, 0.25) is 0 Å². The highest BCUT2D eigenvalue weighted by molar-refractivity contribution is 7.13. The first kappa shape index (κ1) is 14.6. The van der Waals surface area contributed by atoms with Gasteiger partial charge in [0.15, 0.2) is 0 Å². The first-order valence-corrected chi connectivity index (χ1v) is 7.95. The normalized spacial score (nSPS) is 10.2. The molecule has 3 rings (SSSR count). The van der Waals surface area contributed by atoms with Gasteiger partial charge in [-0.2, -0.15) is 5.26 Å². The minimum absolute atomic E-state index is 0.554. The molecule has 108 valence electrons. The van der Waals surface area contributed by atoms with E-state index in [9.17, 15) is 0 Å². The molecule has 0 unspecified atom stereocenters. The minimum Gasteiger partial charge on any atom is -0.378 e. The molecule has 0 atom stereocenters. The number of nitriles is 1. The van der Waals surface area contributed by atoms with Crippen molar-refractivity contribution in [1.82, 2.24) is 4.98 Å². The number of hydrogen-bond donors (Lipinski definition) is 1. The Labute approximate surface area is 137 Å². The van der Waals surface area contributed by atoms with Crippen LogP contribution in [0.5, 0.6) is 0 Å². The number of rotatable bonds is 4. The highest BCUT2D eigenvalue weighted by Crippen LogP contribution is 2.25. The number of benzene rings is 2. The van der Waals surface area contributed by atoms with Crippen molar-refractivity contribution in [3.8, 4) is 16.6 Å². The van der Waals surface area contributed by atoms with Crippen LogP contribution in [0.2, 0.25) is 5.02 Å². The smallest absolute Gasteiger partial charge is 0.123 e. The van der Waals surface area contributed by atoms with Crippen LogP contribution < -0.4 is 5.32 Å². The zero-order valence-corrected chi connectivity index (χ0v) is 13.2. The molecule has 1 heterocycles. The van der Waals surface area contributed by atoms with E-state index in [4.69, 9.17) is 16.9 Å². The zero-order chi connectivity index (χ0) is 15.4. The van der Waals surface area contributed by atoms with Crippen LogP contribution in [0.15, 0.2) is 53.9 Å². The summed E-state index contributed by atoms with van der Waals surface area (Å²) in [5, 5.41) is 15.9. The van der Waals surface area contributed by atoms with E-state index in [1.807, 2.05) is 35.7 Å². The second-order valence-corrected chi connectivity index (χ2v) is 5.96. The topological polar surface area (TPSA) is 48.7 Å². The molecule has 0 bridgehead atoms. The molecule has 0 spiro atoms. The third-order valence-corrected chi connectivity index (χ3v) is 4.31. The summed E-state index contributed by atoms with van der Waals surface area (Å²) < 4.78 is 0. The van der Waals surface area contributed by atoms with Crippen molar-refractivity contribution in [3.63, 3.8) is 0 Å². The van der Waals surface area contributed by atoms with Crippen molar-refractivity contribution in [3.05, 3.63) is 70.2 Å². The van der Waals surface area contributed by atoms with E-state index in [0.29, 0.717) is 17.1 Å². The summed E-state index contributed by atoms with van der Waals surface area (Å²) in [5.41, 5.74) is 3.35. The van der Waals surface area contributed by atoms with Crippen molar-refractivity contribution < 1.29 is 0 Å². The third-order valence-electron chi connectivity index (χ3n) is 3.13. The first-order valence-electron chi connectivity index (χ1n) is 6.69. The van der Waals surface area contributed by atoms with Crippen LogP contribution in [0, 0.1) is 11.3 Å². The fourth-order valence-electron chi connectivity index (χ4n) is 2.05. The summed E-state index contributed by atoms with van der Waals surface area (Å²) in [4.78, 5) is 4.61. The molecule has 1 aromatic heterocycles. The number of halogens is 1. The van der Waals surface area contributed by atoms with Crippen LogP contribution in [0.4, 0.5) is 5.69 Å². The second-order valence-electron chi connectivity index (χ2n) is 4.67. The van der Waals surface area contributed by atoms with E-state index in [1.54, 1.807) is 29.5 Å². The number of thiazole rings is 1. The van der Waals surface area contributed by atoms with E-state index in [1.165, 1.54) is 0 Å². The third kappa shape index (κ3) is 3.28. The molecule has 22 heavy (non-hydrogen) atoms.